The number of rotatable bonds is 3. The van der Waals surface area contributed by atoms with E-state index < -0.39 is 0 Å². The van der Waals surface area contributed by atoms with Gasteiger partial charge in [-0.15, -0.1) is 0 Å². The number of fused-ring (bicyclic) bond motifs is 4. The van der Waals surface area contributed by atoms with Gasteiger partial charge < -0.3 is 5.73 Å². The number of anilines is 1. The Morgan fingerprint density at radius 3 is 2.83 bits per heavy atom. The summed E-state index contributed by atoms with van der Waals surface area (Å²) >= 11 is 0. The van der Waals surface area contributed by atoms with Crippen LogP contribution in [0.15, 0.2) is 12.1 Å². The summed E-state index contributed by atoms with van der Waals surface area (Å²) in [6.45, 7) is 6.74. The second-order valence-electron chi connectivity index (χ2n) is 7.96. The first-order chi connectivity index (χ1) is 10.9. The molecule has 1 aromatic carbocycles. The van der Waals surface area contributed by atoms with Gasteiger partial charge in [0.05, 0.1) is 4.92 Å². The highest BCUT2D eigenvalue weighted by molar-refractivity contribution is 5.68. The molecule has 1 aliphatic heterocycles. The molecule has 2 N–H and O–H groups in total. The average molecular weight is 315 g/mol. The monoisotopic (exact) mass is 315 g/mol. The molecular weight excluding hydrogens is 290 g/mol. The van der Waals surface area contributed by atoms with Crippen molar-refractivity contribution in [3.05, 3.63) is 33.4 Å². The molecule has 1 unspecified atom stereocenters. The van der Waals surface area contributed by atoms with Crippen LogP contribution in [0.5, 0.6) is 0 Å². The largest absolute Gasteiger partial charge is 0.393 e. The molecule has 0 aromatic heterocycles. The molecule has 1 aromatic rings. The maximum Gasteiger partial charge on any atom is 0.296 e. The molecule has 0 radical (unpaired) electrons. The van der Waals surface area contributed by atoms with E-state index in [-0.39, 0.29) is 16.0 Å². The molecule has 3 atom stereocenters. The molecule has 5 heteroatoms. The number of nitro benzene ring substituents is 1. The van der Waals surface area contributed by atoms with E-state index in [1.807, 2.05) is 6.07 Å². The van der Waals surface area contributed by atoms with Gasteiger partial charge in [0.15, 0.2) is 0 Å². The molecule has 2 bridgehead atoms. The maximum atomic E-state index is 11.6. The first-order valence-electron chi connectivity index (χ1n) is 8.72. The lowest BCUT2D eigenvalue weighted by molar-refractivity contribution is -0.385. The zero-order chi connectivity index (χ0) is 16.4. The Bertz CT molecular complexity index is 670. The highest BCUT2D eigenvalue weighted by atomic mass is 16.6. The van der Waals surface area contributed by atoms with E-state index in [0.29, 0.717) is 17.6 Å². The van der Waals surface area contributed by atoms with Crippen LogP contribution in [0.1, 0.15) is 44.2 Å². The maximum absolute atomic E-state index is 11.6. The van der Waals surface area contributed by atoms with Crippen LogP contribution in [-0.2, 0) is 11.8 Å². The number of nitrogen functional groups attached to an aromatic ring is 1. The van der Waals surface area contributed by atoms with Crippen molar-refractivity contribution in [2.75, 3.05) is 18.8 Å². The Morgan fingerprint density at radius 2 is 2.17 bits per heavy atom. The average Bonchev–Trinajstić information content (AvgIpc) is 3.30. The summed E-state index contributed by atoms with van der Waals surface area (Å²) in [5.41, 5.74) is 8.34. The quantitative estimate of drug-likeness (QED) is 0.528. The van der Waals surface area contributed by atoms with Crippen LogP contribution < -0.4 is 5.73 Å². The Labute approximate surface area is 137 Å². The van der Waals surface area contributed by atoms with Crippen molar-refractivity contribution in [1.29, 1.82) is 0 Å². The summed E-state index contributed by atoms with van der Waals surface area (Å²) in [5.74, 6) is 1.30. The summed E-state index contributed by atoms with van der Waals surface area (Å²) in [5, 5.41) is 11.6. The number of hydrogen-bond donors (Lipinski definition) is 1. The smallest absolute Gasteiger partial charge is 0.296 e. The van der Waals surface area contributed by atoms with Gasteiger partial charge in [-0.1, -0.05) is 19.9 Å². The number of likely N-dealkylation sites (tertiary alicyclic amines) is 1. The number of nitrogens with two attached hydrogens (primary N) is 1. The van der Waals surface area contributed by atoms with E-state index in [9.17, 15) is 10.1 Å². The molecule has 1 saturated heterocycles. The minimum Gasteiger partial charge on any atom is -0.393 e. The molecule has 124 valence electrons. The minimum absolute atomic E-state index is 0.143. The molecular formula is C18H25N3O2. The topological polar surface area (TPSA) is 72.4 Å². The van der Waals surface area contributed by atoms with Crippen LogP contribution in [0.4, 0.5) is 11.4 Å². The number of hydrogen-bond acceptors (Lipinski definition) is 4. The first kappa shape index (κ1) is 14.9. The van der Waals surface area contributed by atoms with Crippen molar-refractivity contribution >= 4 is 11.4 Å². The van der Waals surface area contributed by atoms with Crippen LogP contribution in [0.2, 0.25) is 0 Å². The lowest BCUT2D eigenvalue weighted by Crippen LogP contribution is -2.58. The van der Waals surface area contributed by atoms with Gasteiger partial charge in [0.2, 0.25) is 0 Å². The Kier molecular flexibility index (Phi) is 3.21. The number of nitrogens with zero attached hydrogens (tertiary/aromatic N) is 2. The van der Waals surface area contributed by atoms with Gasteiger partial charge in [-0.3, -0.25) is 15.0 Å². The molecule has 1 saturated carbocycles. The highest BCUT2D eigenvalue weighted by Crippen LogP contribution is 2.53. The van der Waals surface area contributed by atoms with Gasteiger partial charge in [-0.25, -0.2) is 0 Å². The van der Waals surface area contributed by atoms with E-state index in [4.69, 9.17) is 5.73 Å². The number of benzene rings is 1. The Balaban J connectivity index is 1.80. The fourth-order valence-electron chi connectivity index (χ4n) is 4.91. The van der Waals surface area contributed by atoms with Crippen LogP contribution in [0.3, 0.4) is 0 Å². The van der Waals surface area contributed by atoms with Gasteiger partial charge in [-0.2, -0.15) is 0 Å². The second-order valence-corrected chi connectivity index (χ2v) is 7.96. The SMILES string of the molecule is CC1[C@H]2Cc3ccc(N)c([N+](=O)[O-])c3[C@]1(C)CCN2CC1CC1. The van der Waals surface area contributed by atoms with E-state index in [1.165, 1.54) is 19.4 Å². The van der Waals surface area contributed by atoms with E-state index >= 15 is 0 Å². The molecule has 0 spiro atoms. The van der Waals surface area contributed by atoms with Crippen LogP contribution >= 0.6 is 0 Å². The minimum atomic E-state index is -0.275. The summed E-state index contributed by atoms with van der Waals surface area (Å²) in [4.78, 5) is 14.0. The molecule has 5 nitrogen and oxygen atoms in total. The molecule has 1 heterocycles. The lowest BCUT2D eigenvalue weighted by Gasteiger charge is -2.54. The van der Waals surface area contributed by atoms with E-state index in [2.05, 4.69) is 18.7 Å². The van der Waals surface area contributed by atoms with Gasteiger partial charge >= 0.3 is 0 Å². The number of piperidine rings is 1. The zero-order valence-corrected chi connectivity index (χ0v) is 13.9. The molecule has 2 aliphatic carbocycles. The standard InChI is InChI=1S/C18H25N3O2/c1-11-15-9-13-5-6-14(19)17(21(22)23)16(13)18(11,2)7-8-20(15)10-12-3-4-12/h5-6,11-12,15H,3-4,7-10,19H2,1-2H3/t11?,15-,18-/m1/s1. The van der Waals surface area contributed by atoms with Crippen molar-refractivity contribution in [2.45, 2.75) is 51.0 Å². The fourth-order valence-corrected chi connectivity index (χ4v) is 4.91. The van der Waals surface area contributed by atoms with Crippen LogP contribution in [-0.4, -0.2) is 29.0 Å². The van der Waals surface area contributed by atoms with Gasteiger partial charge in [-0.05, 0) is 55.7 Å². The zero-order valence-electron chi connectivity index (χ0n) is 13.9. The van der Waals surface area contributed by atoms with Crippen molar-refractivity contribution in [3.63, 3.8) is 0 Å². The predicted octanol–water partition coefficient (Wildman–Crippen LogP) is 3.11. The normalized spacial score (nSPS) is 33.3. The van der Waals surface area contributed by atoms with E-state index in [0.717, 1.165) is 36.4 Å². The van der Waals surface area contributed by atoms with Gasteiger partial charge in [0.25, 0.3) is 5.69 Å². The van der Waals surface area contributed by atoms with Crippen molar-refractivity contribution in [2.24, 2.45) is 11.8 Å². The predicted molar refractivity (Wildman–Crippen MR) is 90.4 cm³/mol. The van der Waals surface area contributed by atoms with E-state index in [1.54, 1.807) is 6.07 Å². The fraction of sp³-hybridized carbons (Fsp3) is 0.667. The van der Waals surface area contributed by atoms with Crippen molar-refractivity contribution < 1.29 is 4.92 Å². The lowest BCUT2D eigenvalue weighted by atomic mass is 9.58. The molecule has 23 heavy (non-hydrogen) atoms. The summed E-state index contributed by atoms with van der Waals surface area (Å²) < 4.78 is 0. The second kappa shape index (κ2) is 4.94. The Morgan fingerprint density at radius 1 is 1.43 bits per heavy atom. The molecule has 3 aliphatic rings. The van der Waals surface area contributed by atoms with Crippen molar-refractivity contribution in [1.82, 2.24) is 4.90 Å². The highest BCUT2D eigenvalue weighted by Gasteiger charge is 2.52. The molecule has 4 rings (SSSR count). The van der Waals surface area contributed by atoms with Gasteiger partial charge in [0.1, 0.15) is 5.69 Å². The molecule has 2 fully saturated rings. The van der Waals surface area contributed by atoms with Crippen LogP contribution in [0.25, 0.3) is 0 Å². The molecule has 0 amide bonds. The summed E-state index contributed by atoms with van der Waals surface area (Å²) in [6.07, 6.45) is 4.63. The van der Waals surface area contributed by atoms with Crippen molar-refractivity contribution in [3.8, 4) is 0 Å². The first-order valence-corrected chi connectivity index (χ1v) is 8.72. The summed E-state index contributed by atoms with van der Waals surface area (Å²) in [6, 6.07) is 4.25. The van der Waals surface area contributed by atoms with Crippen LogP contribution in [0, 0.1) is 22.0 Å². The van der Waals surface area contributed by atoms with Gasteiger partial charge in [0, 0.05) is 23.6 Å². The third kappa shape index (κ3) is 2.17. The summed E-state index contributed by atoms with van der Waals surface area (Å²) in [7, 11) is 0. The Hall–Kier alpha value is -1.62. The number of nitro groups is 1. The third-order valence-electron chi connectivity index (χ3n) is 6.64. The third-order valence-corrected chi connectivity index (χ3v) is 6.64.